The van der Waals surface area contributed by atoms with Crippen molar-refractivity contribution in [1.82, 2.24) is 0 Å². The molecule has 0 atom stereocenters. The van der Waals surface area contributed by atoms with E-state index in [4.69, 9.17) is 10.7 Å². The predicted octanol–water partition coefficient (Wildman–Crippen LogP) is 1.56. The Hall–Kier alpha value is -1.14. The van der Waals surface area contributed by atoms with Gasteiger partial charge in [0.2, 0.25) is 0 Å². The van der Waals surface area contributed by atoms with Gasteiger partial charge in [-0.1, -0.05) is 12.2 Å². The molecule has 0 N–H and O–H groups in total. The quantitative estimate of drug-likeness (QED) is 0.413. The Labute approximate surface area is 84.9 Å². The van der Waals surface area contributed by atoms with Gasteiger partial charge < -0.3 is 0 Å². The first-order valence-electron chi connectivity index (χ1n) is 3.58. The van der Waals surface area contributed by atoms with Gasteiger partial charge in [-0.05, 0) is 0 Å². The zero-order chi connectivity index (χ0) is 10.8. The topological polar surface area (TPSA) is 77.3 Å². The molecule has 0 radical (unpaired) electrons. The van der Waals surface area contributed by atoms with Crippen molar-refractivity contribution in [3.05, 3.63) is 45.0 Å². The van der Waals surface area contributed by atoms with Crippen LogP contribution in [0, 0.1) is 10.1 Å². The van der Waals surface area contributed by atoms with Crippen LogP contribution >= 0.6 is 10.7 Å². The Morgan fingerprint density at radius 2 is 2.14 bits per heavy atom. The molecule has 0 saturated carbocycles. The van der Waals surface area contributed by atoms with E-state index in [2.05, 4.69) is 0 Å². The number of hydrogen-bond donors (Lipinski definition) is 0. The second kappa shape index (κ2) is 3.93. The van der Waals surface area contributed by atoms with Crippen molar-refractivity contribution < 1.29 is 13.3 Å². The molecule has 1 rings (SSSR count). The molecule has 1 aliphatic carbocycles. The van der Waals surface area contributed by atoms with E-state index >= 15 is 0 Å². The van der Waals surface area contributed by atoms with E-state index in [0.717, 1.165) is 6.08 Å². The van der Waals surface area contributed by atoms with E-state index < -0.39 is 14.0 Å². The van der Waals surface area contributed by atoms with Gasteiger partial charge in [-0.25, -0.2) is 8.42 Å². The molecule has 0 aliphatic heterocycles. The van der Waals surface area contributed by atoms with E-state index in [0.29, 0.717) is 0 Å². The third kappa shape index (κ3) is 2.68. The number of rotatable bonds is 2. The van der Waals surface area contributed by atoms with Crippen molar-refractivity contribution in [3.8, 4) is 0 Å². The number of nitrogens with zero attached hydrogens (tertiary/aromatic N) is 1. The smallest absolute Gasteiger partial charge is 0.258 e. The summed E-state index contributed by atoms with van der Waals surface area (Å²) >= 11 is 0. The summed E-state index contributed by atoms with van der Waals surface area (Å²) in [5.41, 5.74) is -0.294. The second-order valence-electron chi connectivity index (χ2n) is 2.53. The van der Waals surface area contributed by atoms with Crippen LogP contribution < -0.4 is 0 Å². The zero-order valence-corrected chi connectivity index (χ0v) is 8.46. The van der Waals surface area contributed by atoms with Crippen LogP contribution in [-0.4, -0.2) is 13.3 Å². The lowest BCUT2D eigenvalue weighted by atomic mass is 10.3. The predicted molar refractivity (Wildman–Crippen MR) is 51.7 cm³/mol. The van der Waals surface area contributed by atoms with Gasteiger partial charge in [0, 0.05) is 29.3 Å². The van der Waals surface area contributed by atoms with Crippen molar-refractivity contribution in [3.63, 3.8) is 0 Å². The minimum absolute atomic E-state index is 0.0691. The maximum absolute atomic E-state index is 10.9. The Kier molecular flexibility index (Phi) is 3.07. The molecule has 0 aromatic heterocycles. The Balaban J connectivity index is 3.19. The SMILES string of the molecule is O=[N+]([O-])C1=CC=CCC(S(=O)(=O)Cl)=C1. The van der Waals surface area contributed by atoms with Crippen molar-refractivity contribution in [1.29, 1.82) is 0 Å². The fourth-order valence-corrected chi connectivity index (χ4v) is 1.79. The molecule has 76 valence electrons. The lowest BCUT2D eigenvalue weighted by Crippen LogP contribution is -1.99. The summed E-state index contributed by atoms with van der Waals surface area (Å²) in [6.07, 6.45) is 5.16. The van der Waals surface area contributed by atoms with Crippen LogP contribution in [0.3, 0.4) is 0 Å². The van der Waals surface area contributed by atoms with Crippen LogP contribution in [0.1, 0.15) is 6.42 Å². The molecule has 0 fully saturated rings. The van der Waals surface area contributed by atoms with E-state index in [1.54, 1.807) is 0 Å². The summed E-state index contributed by atoms with van der Waals surface area (Å²) in [4.78, 5) is 9.56. The fraction of sp³-hybridized carbons (Fsp3) is 0.143. The molecule has 1 aliphatic rings. The standard InChI is InChI=1S/C7H6ClNO4S/c8-14(12,13)7-4-2-1-3-6(5-7)9(10)11/h1-3,5H,4H2. The van der Waals surface area contributed by atoms with Gasteiger partial charge in [0.05, 0.1) is 9.83 Å². The van der Waals surface area contributed by atoms with Gasteiger partial charge in [0.1, 0.15) is 0 Å². The Morgan fingerprint density at radius 1 is 1.50 bits per heavy atom. The number of hydrogen-bond acceptors (Lipinski definition) is 4. The van der Waals surface area contributed by atoms with Gasteiger partial charge in [-0.2, -0.15) is 0 Å². The average molecular weight is 236 g/mol. The molecular weight excluding hydrogens is 230 g/mol. The number of nitro groups is 1. The van der Waals surface area contributed by atoms with E-state index in [9.17, 15) is 18.5 Å². The number of allylic oxidation sites excluding steroid dienone is 5. The molecule has 0 amide bonds. The highest BCUT2D eigenvalue weighted by atomic mass is 35.7. The van der Waals surface area contributed by atoms with Gasteiger partial charge in [0.15, 0.2) is 0 Å². The minimum atomic E-state index is -3.88. The molecule has 0 spiro atoms. The summed E-state index contributed by atoms with van der Waals surface area (Å²) in [5, 5.41) is 10.4. The fourth-order valence-electron chi connectivity index (χ4n) is 0.906. The highest BCUT2D eigenvalue weighted by Gasteiger charge is 2.18. The van der Waals surface area contributed by atoms with Gasteiger partial charge in [0.25, 0.3) is 14.7 Å². The lowest BCUT2D eigenvalue weighted by Gasteiger charge is -1.96. The molecule has 0 saturated heterocycles. The first-order chi connectivity index (χ1) is 6.41. The van der Waals surface area contributed by atoms with Crippen LogP contribution in [0.15, 0.2) is 34.9 Å². The lowest BCUT2D eigenvalue weighted by molar-refractivity contribution is -0.419. The van der Waals surface area contributed by atoms with Crippen LogP contribution in [0.25, 0.3) is 0 Å². The van der Waals surface area contributed by atoms with Gasteiger partial charge in [-0.3, -0.25) is 10.1 Å². The van der Waals surface area contributed by atoms with Crippen molar-refractivity contribution in [2.45, 2.75) is 6.42 Å². The summed E-state index contributed by atoms with van der Waals surface area (Å²) in [7, 11) is 1.20. The molecule has 0 aromatic rings. The van der Waals surface area contributed by atoms with Gasteiger partial charge >= 0.3 is 0 Å². The minimum Gasteiger partial charge on any atom is -0.258 e. The van der Waals surface area contributed by atoms with Gasteiger partial charge in [-0.15, -0.1) is 0 Å². The molecule has 0 unspecified atom stereocenters. The monoisotopic (exact) mass is 235 g/mol. The summed E-state index contributed by atoms with van der Waals surface area (Å²) in [6.45, 7) is 0. The molecule has 0 aromatic carbocycles. The third-order valence-electron chi connectivity index (χ3n) is 1.55. The highest BCUT2D eigenvalue weighted by molar-refractivity contribution is 8.16. The summed E-state index contributed by atoms with van der Waals surface area (Å²) < 4.78 is 21.8. The highest BCUT2D eigenvalue weighted by Crippen LogP contribution is 2.21. The average Bonchev–Trinajstić information content (AvgIpc) is 2.26. The first-order valence-corrected chi connectivity index (χ1v) is 5.88. The maximum Gasteiger partial charge on any atom is 0.270 e. The molecule has 5 nitrogen and oxygen atoms in total. The molecule has 14 heavy (non-hydrogen) atoms. The van der Waals surface area contributed by atoms with Crippen molar-refractivity contribution in [2.24, 2.45) is 0 Å². The van der Waals surface area contributed by atoms with E-state index in [1.165, 1.54) is 18.2 Å². The first kappa shape index (κ1) is 10.9. The maximum atomic E-state index is 10.9. The Morgan fingerprint density at radius 3 is 2.64 bits per heavy atom. The molecule has 0 bridgehead atoms. The van der Waals surface area contributed by atoms with Crippen LogP contribution in [0.5, 0.6) is 0 Å². The van der Waals surface area contributed by atoms with Crippen molar-refractivity contribution >= 4 is 19.7 Å². The van der Waals surface area contributed by atoms with E-state index in [1.807, 2.05) is 0 Å². The molecule has 0 heterocycles. The zero-order valence-electron chi connectivity index (χ0n) is 6.88. The second-order valence-corrected chi connectivity index (χ2v) is 5.15. The largest absolute Gasteiger partial charge is 0.270 e. The van der Waals surface area contributed by atoms with E-state index in [-0.39, 0.29) is 17.0 Å². The summed E-state index contributed by atoms with van der Waals surface area (Å²) in [6, 6.07) is 0. The normalized spacial score (nSPS) is 16.9. The third-order valence-corrected chi connectivity index (χ3v) is 3.06. The van der Waals surface area contributed by atoms with Crippen LogP contribution in [0.2, 0.25) is 0 Å². The van der Waals surface area contributed by atoms with Crippen LogP contribution in [-0.2, 0) is 9.05 Å². The Bertz CT molecular complexity index is 446. The van der Waals surface area contributed by atoms with Crippen molar-refractivity contribution in [2.75, 3.05) is 0 Å². The number of halogens is 1. The molecule has 7 heteroatoms. The summed E-state index contributed by atoms with van der Waals surface area (Å²) in [5.74, 6) is 0. The molecular formula is C7H6ClNO4S. The van der Waals surface area contributed by atoms with Crippen LogP contribution in [0.4, 0.5) is 0 Å².